The van der Waals surface area contributed by atoms with Gasteiger partial charge in [-0.05, 0) is 27.2 Å². The fourth-order valence-corrected chi connectivity index (χ4v) is 2.98. The molecule has 0 saturated carbocycles. The zero-order chi connectivity index (χ0) is 12.6. The molecule has 0 unspecified atom stereocenters. The van der Waals surface area contributed by atoms with Crippen molar-refractivity contribution in [3.05, 3.63) is 0 Å². The van der Waals surface area contributed by atoms with Crippen molar-refractivity contribution >= 4 is 10.0 Å². The van der Waals surface area contributed by atoms with Gasteiger partial charge in [-0.25, -0.2) is 8.42 Å². The Balaban J connectivity index is 4.38. The molecular formula is C10H23NO4S. The van der Waals surface area contributed by atoms with Crippen LogP contribution < -0.4 is 0 Å². The summed E-state index contributed by atoms with van der Waals surface area (Å²) in [6, 6.07) is -0.0850. The molecule has 0 spiro atoms. The Hall–Kier alpha value is -0.170. The van der Waals surface area contributed by atoms with Gasteiger partial charge in [0, 0.05) is 25.8 Å². The summed E-state index contributed by atoms with van der Waals surface area (Å²) in [4.78, 5) is 0. The van der Waals surface area contributed by atoms with Gasteiger partial charge in [0.1, 0.15) is 0 Å². The maximum atomic E-state index is 11.9. The van der Waals surface area contributed by atoms with Crippen LogP contribution in [0, 0.1) is 0 Å². The molecule has 0 aromatic heterocycles. The van der Waals surface area contributed by atoms with E-state index in [2.05, 4.69) is 0 Å². The molecule has 16 heavy (non-hydrogen) atoms. The molecule has 0 saturated heterocycles. The van der Waals surface area contributed by atoms with Crippen LogP contribution in [-0.2, 0) is 14.8 Å². The molecule has 0 aliphatic heterocycles. The lowest BCUT2D eigenvalue weighted by Gasteiger charge is -2.25. The number of hydrogen-bond acceptors (Lipinski definition) is 4. The molecule has 0 fully saturated rings. The van der Waals surface area contributed by atoms with Crippen molar-refractivity contribution in [2.45, 2.75) is 33.2 Å². The van der Waals surface area contributed by atoms with Gasteiger partial charge in [0.25, 0.3) is 0 Å². The zero-order valence-corrected chi connectivity index (χ0v) is 11.2. The third-order valence-electron chi connectivity index (χ3n) is 2.16. The summed E-state index contributed by atoms with van der Waals surface area (Å²) in [6.07, 6.45) is 0.464. The molecule has 0 rings (SSSR count). The van der Waals surface area contributed by atoms with Crippen LogP contribution in [0.5, 0.6) is 0 Å². The fourth-order valence-electron chi connectivity index (χ4n) is 1.37. The Morgan fingerprint density at radius 3 is 2.44 bits per heavy atom. The van der Waals surface area contributed by atoms with Gasteiger partial charge in [0.15, 0.2) is 0 Å². The second-order valence-corrected chi connectivity index (χ2v) is 5.84. The highest BCUT2D eigenvalue weighted by molar-refractivity contribution is 7.89. The SMILES string of the molecule is CCOCCS(=O)(=O)N(CCCO)C(C)C. The van der Waals surface area contributed by atoms with Gasteiger partial charge in [-0.15, -0.1) is 0 Å². The quantitative estimate of drug-likeness (QED) is 0.606. The average molecular weight is 253 g/mol. The van der Waals surface area contributed by atoms with E-state index in [9.17, 15) is 8.42 Å². The number of sulfonamides is 1. The molecule has 0 atom stereocenters. The van der Waals surface area contributed by atoms with Crippen molar-refractivity contribution in [2.75, 3.05) is 32.1 Å². The van der Waals surface area contributed by atoms with Crippen molar-refractivity contribution in [3.8, 4) is 0 Å². The van der Waals surface area contributed by atoms with E-state index in [0.29, 0.717) is 19.6 Å². The summed E-state index contributed by atoms with van der Waals surface area (Å²) < 4.78 is 30.3. The van der Waals surface area contributed by atoms with Crippen LogP contribution >= 0.6 is 0 Å². The number of hydrogen-bond donors (Lipinski definition) is 1. The van der Waals surface area contributed by atoms with Crippen LogP contribution in [0.1, 0.15) is 27.2 Å². The lowest BCUT2D eigenvalue weighted by molar-refractivity contribution is 0.162. The highest BCUT2D eigenvalue weighted by Crippen LogP contribution is 2.08. The van der Waals surface area contributed by atoms with Crippen LogP contribution in [0.2, 0.25) is 0 Å². The predicted molar refractivity (Wildman–Crippen MR) is 63.8 cm³/mol. The van der Waals surface area contributed by atoms with Crippen molar-refractivity contribution in [3.63, 3.8) is 0 Å². The molecule has 98 valence electrons. The summed E-state index contributed by atoms with van der Waals surface area (Å²) in [5, 5.41) is 8.73. The van der Waals surface area contributed by atoms with E-state index in [1.54, 1.807) is 0 Å². The van der Waals surface area contributed by atoms with E-state index < -0.39 is 10.0 Å². The highest BCUT2D eigenvalue weighted by atomic mass is 32.2. The maximum Gasteiger partial charge on any atom is 0.216 e. The molecule has 0 heterocycles. The first-order valence-electron chi connectivity index (χ1n) is 5.63. The number of rotatable bonds is 9. The van der Waals surface area contributed by atoms with Gasteiger partial charge in [-0.3, -0.25) is 0 Å². The van der Waals surface area contributed by atoms with Gasteiger partial charge in [-0.1, -0.05) is 0 Å². The standard InChI is InChI=1S/C10H23NO4S/c1-4-15-8-9-16(13,14)11(10(2)3)6-5-7-12/h10,12H,4-9H2,1-3H3. The fraction of sp³-hybridized carbons (Fsp3) is 1.00. The van der Waals surface area contributed by atoms with Crippen LogP contribution in [0.15, 0.2) is 0 Å². The summed E-state index contributed by atoms with van der Waals surface area (Å²) in [7, 11) is -3.27. The van der Waals surface area contributed by atoms with Crippen LogP contribution in [0.4, 0.5) is 0 Å². The number of aliphatic hydroxyl groups excluding tert-OH is 1. The first-order chi connectivity index (χ1) is 7.45. The molecule has 0 amide bonds. The van der Waals surface area contributed by atoms with Crippen LogP contribution in [0.25, 0.3) is 0 Å². The van der Waals surface area contributed by atoms with E-state index in [1.165, 1.54) is 4.31 Å². The normalized spacial score (nSPS) is 12.6. The summed E-state index contributed by atoms with van der Waals surface area (Å²) in [5.41, 5.74) is 0. The molecule has 5 nitrogen and oxygen atoms in total. The zero-order valence-electron chi connectivity index (χ0n) is 10.3. The minimum atomic E-state index is -3.27. The Bertz CT molecular complexity index is 264. The summed E-state index contributed by atoms with van der Waals surface area (Å²) in [6.45, 7) is 6.60. The van der Waals surface area contributed by atoms with E-state index in [1.807, 2.05) is 20.8 Å². The molecule has 6 heteroatoms. The van der Waals surface area contributed by atoms with Crippen molar-refractivity contribution in [1.29, 1.82) is 0 Å². The lowest BCUT2D eigenvalue weighted by atomic mass is 10.3. The number of aliphatic hydroxyl groups is 1. The molecule has 0 aliphatic carbocycles. The Labute approximate surface area is 98.5 Å². The Morgan fingerprint density at radius 1 is 1.38 bits per heavy atom. The minimum absolute atomic E-state index is 0.00417. The first kappa shape index (κ1) is 15.8. The molecule has 1 N–H and O–H groups in total. The largest absolute Gasteiger partial charge is 0.396 e. The highest BCUT2D eigenvalue weighted by Gasteiger charge is 2.23. The second kappa shape index (κ2) is 8.00. The van der Waals surface area contributed by atoms with Gasteiger partial charge in [0.2, 0.25) is 10.0 Å². The molecular weight excluding hydrogens is 230 g/mol. The Morgan fingerprint density at radius 2 is 2.00 bits per heavy atom. The smallest absolute Gasteiger partial charge is 0.216 e. The van der Waals surface area contributed by atoms with Crippen molar-refractivity contribution in [2.24, 2.45) is 0 Å². The number of ether oxygens (including phenoxy) is 1. The van der Waals surface area contributed by atoms with E-state index in [0.717, 1.165) is 0 Å². The summed E-state index contributed by atoms with van der Waals surface area (Å²) >= 11 is 0. The van der Waals surface area contributed by atoms with Gasteiger partial charge >= 0.3 is 0 Å². The predicted octanol–water partition coefficient (Wildman–Crippen LogP) is 0.446. The minimum Gasteiger partial charge on any atom is -0.396 e. The Kier molecular flexibility index (Phi) is 7.91. The van der Waals surface area contributed by atoms with Crippen LogP contribution in [0.3, 0.4) is 0 Å². The molecule has 0 radical (unpaired) electrons. The van der Waals surface area contributed by atoms with Gasteiger partial charge in [0.05, 0.1) is 12.4 Å². The lowest BCUT2D eigenvalue weighted by Crippen LogP contribution is -2.40. The van der Waals surface area contributed by atoms with Gasteiger partial charge in [-0.2, -0.15) is 4.31 Å². The monoisotopic (exact) mass is 253 g/mol. The topological polar surface area (TPSA) is 66.8 Å². The molecule has 0 aromatic rings. The maximum absolute atomic E-state index is 11.9. The second-order valence-electron chi connectivity index (χ2n) is 3.79. The van der Waals surface area contributed by atoms with E-state index >= 15 is 0 Å². The molecule has 0 aromatic carbocycles. The molecule has 0 aliphatic rings. The molecule has 0 bridgehead atoms. The van der Waals surface area contributed by atoms with E-state index in [4.69, 9.17) is 9.84 Å². The van der Waals surface area contributed by atoms with Crippen LogP contribution in [-0.4, -0.2) is 56.0 Å². The first-order valence-corrected chi connectivity index (χ1v) is 7.24. The van der Waals surface area contributed by atoms with Gasteiger partial charge < -0.3 is 9.84 Å². The number of nitrogens with zero attached hydrogens (tertiary/aromatic N) is 1. The third-order valence-corrected chi connectivity index (χ3v) is 4.16. The van der Waals surface area contributed by atoms with E-state index in [-0.39, 0.29) is 25.0 Å². The van der Waals surface area contributed by atoms with Crippen molar-refractivity contribution in [1.82, 2.24) is 4.31 Å². The third kappa shape index (κ3) is 5.79. The van der Waals surface area contributed by atoms with Crippen molar-refractivity contribution < 1.29 is 18.3 Å². The average Bonchev–Trinajstić information content (AvgIpc) is 2.17. The summed E-state index contributed by atoms with van der Waals surface area (Å²) in [5.74, 6) is 0.00441.